The number of halogens is 1. The standard InChI is InChI=1S/C25H22FN5O/c1-32-20-6-4-16(5-7-20)22-15-30-25(31-10-8-19(29)9-11-31)21(14-28)24(22)17-2-3-18(13-27)23(26)12-17/h2-7,12,15,19H,8-11,29H2,1H3. The van der Waals surface area contributed by atoms with Crippen molar-refractivity contribution in [1.29, 1.82) is 10.5 Å². The third-order valence-corrected chi connectivity index (χ3v) is 5.79. The topological polar surface area (TPSA) is 99.0 Å². The minimum atomic E-state index is -0.628. The highest BCUT2D eigenvalue weighted by molar-refractivity contribution is 5.90. The minimum Gasteiger partial charge on any atom is -0.497 e. The zero-order valence-electron chi connectivity index (χ0n) is 17.7. The second kappa shape index (κ2) is 9.05. The largest absolute Gasteiger partial charge is 0.497 e. The van der Waals surface area contributed by atoms with E-state index in [1.165, 1.54) is 12.1 Å². The molecule has 0 unspecified atom stereocenters. The lowest BCUT2D eigenvalue weighted by Crippen LogP contribution is -2.40. The van der Waals surface area contributed by atoms with Gasteiger partial charge in [0.1, 0.15) is 35.1 Å². The van der Waals surface area contributed by atoms with Crippen molar-refractivity contribution in [1.82, 2.24) is 4.98 Å². The van der Waals surface area contributed by atoms with Gasteiger partial charge in [-0.25, -0.2) is 9.37 Å². The summed E-state index contributed by atoms with van der Waals surface area (Å²) < 4.78 is 19.8. The molecule has 0 atom stereocenters. The molecular weight excluding hydrogens is 405 g/mol. The Bertz CT molecular complexity index is 1220. The number of methoxy groups -OCH3 is 1. The lowest BCUT2D eigenvalue weighted by molar-refractivity contribution is 0.415. The molecule has 160 valence electrons. The van der Waals surface area contributed by atoms with Gasteiger partial charge in [0, 0.05) is 36.5 Å². The first-order valence-electron chi connectivity index (χ1n) is 10.3. The highest BCUT2D eigenvalue weighted by Gasteiger charge is 2.25. The predicted molar refractivity (Wildman–Crippen MR) is 120 cm³/mol. The van der Waals surface area contributed by atoms with Gasteiger partial charge in [-0.3, -0.25) is 0 Å². The van der Waals surface area contributed by atoms with Gasteiger partial charge in [-0.1, -0.05) is 18.2 Å². The van der Waals surface area contributed by atoms with Gasteiger partial charge in [0.2, 0.25) is 0 Å². The van der Waals surface area contributed by atoms with Crippen molar-refractivity contribution in [2.75, 3.05) is 25.1 Å². The third kappa shape index (κ3) is 3.99. The molecule has 0 amide bonds. The molecule has 1 aliphatic rings. The van der Waals surface area contributed by atoms with Crippen LogP contribution in [0.2, 0.25) is 0 Å². The summed E-state index contributed by atoms with van der Waals surface area (Å²) in [6, 6.07) is 16.1. The fraction of sp³-hybridized carbons (Fsp3) is 0.240. The van der Waals surface area contributed by atoms with E-state index in [4.69, 9.17) is 15.7 Å². The van der Waals surface area contributed by atoms with Crippen LogP contribution in [-0.2, 0) is 0 Å². The van der Waals surface area contributed by atoms with Crippen molar-refractivity contribution in [2.45, 2.75) is 18.9 Å². The van der Waals surface area contributed by atoms with Crippen LogP contribution < -0.4 is 15.4 Å². The second-order valence-electron chi connectivity index (χ2n) is 7.72. The van der Waals surface area contributed by atoms with E-state index < -0.39 is 5.82 Å². The van der Waals surface area contributed by atoms with Gasteiger partial charge in [0.05, 0.1) is 12.7 Å². The van der Waals surface area contributed by atoms with Gasteiger partial charge in [0.15, 0.2) is 0 Å². The van der Waals surface area contributed by atoms with Gasteiger partial charge >= 0.3 is 0 Å². The van der Waals surface area contributed by atoms with Crippen molar-refractivity contribution in [3.63, 3.8) is 0 Å². The molecule has 7 heteroatoms. The lowest BCUT2D eigenvalue weighted by Gasteiger charge is -2.32. The number of nitriles is 2. The van der Waals surface area contributed by atoms with Gasteiger partial charge in [-0.15, -0.1) is 0 Å². The number of ether oxygens (including phenoxy) is 1. The van der Waals surface area contributed by atoms with Crippen molar-refractivity contribution >= 4 is 5.82 Å². The van der Waals surface area contributed by atoms with Crippen LogP contribution in [0.15, 0.2) is 48.7 Å². The minimum absolute atomic E-state index is 0.0439. The van der Waals surface area contributed by atoms with E-state index in [0.717, 1.165) is 18.4 Å². The molecular formula is C25H22FN5O. The second-order valence-corrected chi connectivity index (χ2v) is 7.72. The van der Waals surface area contributed by atoms with E-state index >= 15 is 0 Å². The van der Waals surface area contributed by atoms with Gasteiger partial charge in [0.25, 0.3) is 0 Å². The predicted octanol–water partition coefficient (Wildman–Crippen LogP) is 4.23. The van der Waals surface area contributed by atoms with Gasteiger partial charge in [-0.2, -0.15) is 10.5 Å². The Morgan fingerprint density at radius 3 is 2.34 bits per heavy atom. The molecule has 0 saturated carbocycles. The number of nitrogens with zero attached hydrogens (tertiary/aromatic N) is 4. The molecule has 2 heterocycles. The molecule has 0 spiro atoms. The van der Waals surface area contributed by atoms with E-state index in [0.29, 0.717) is 46.9 Å². The zero-order chi connectivity index (χ0) is 22.7. The van der Waals surface area contributed by atoms with Crippen LogP contribution in [-0.4, -0.2) is 31.2 Å². The number of benzene rings is 2. The highest BCUT2D eigenvalue weighted by atomic mass is 19.1. The molecule has 3 aromatic rings. The van der Waals surface area contributed by atoms with Crippen molar-refractivity contribution in [3.8, 4) is 40.1 Å². The molecule has 2 aromatic carbocycles. The number of piperidine rings is 1. The number of rotatable bonds is 4. The Balaban J connectivity index is 1.93. The van der Waals surface area contributed by atoms with Crippen LogP contribution in [0.4, 0.5) is 10.2 Å². The number of hydrogen-bond donors (Lipinski definition) is 1. The zero-order valence-corrected chi connectivity index (χ0v) is 17.7. The van der Waals surface area contributed by atoms with E-state index in [2.05, 4.69) is 16.0 Å². The van der Waals surface area contributed by atoms with Crippen LogP contribution in [0.5, 0.6) is 5.75 Å². The van der Waals surface area contributed by atoms with Crippen molar-refractivity contribution in [3.05, 3.63) is 65.6 Å². The lowest BCUT2D eigenvalue weighted by atomic mass is 9.91. The van der Waals surface area contributed by atoms with Crippen LogP contribution in [0.3, 0.4) is 0 Å². The maximum absolute atomic E-state index is 14.5. The number of aromatic nitrogens is 1. The summed E-state index contributed by atoms with van der Waals surface area (Å²) in [5, 5.41) is 19.3. The average molecular weight is 427 g/mol. The molecule has 32 heavy (non-hydrogen) atoms. The van der Waals surface area contributed by atoms with E-state index in [-0.39, 0.29) is 11.6 Å². The van der Waals surface area contributed by atoms with Crippen molar-refractivity contribution < 1.29 is 9.13 Å². The summed E-state index contributed by atoms with van der Waals surface area (Å²) in [4.78, 5) is 6.70. The number of pyridine rings is 1. The summed E-state index contributed by atoms with van der Waals surface area (Å²) in [5.74, 6) is 0.641. The molecule has 1 aromatic heterocycles. The molecule has 1 fully saturated rings. The molecule has 4 rings (SSSR count). The summed E-state index contributed by atoms with van der Waals surface area (Å²) >= 11 is 0. The SMILES string of the molecule is COc1ccc(-c2cnc(N3CCC(N)CC3)c(C#N)c2-c2ccc(C#N)c(F)c2)cc1. The molecule has 6 nitrogen and oxygen atoms in total. The normalized spacial score (nSPS) is 14.0. The Morgan fingerprint density at radius 2 is 1.75 bits per heavy atom. The fourth-order valence-corrected chi connectivity index (χ4v) is 4.01. The van der Waals surface area contributed by atoms with Gasteiger partial charge in [-0.05, 0) is 48.2 Å². The maximum atomic E-state index is 14.5. The molecule has 1 saturated heterocycles. The Kier molecular flexibility index (Phi) is 6.02. The molecule has 0 radical (unpaired) electrons. The Labute approximate surface area is 186 Å². The molecule has 2 N–H and O–H groups in total. The van der Waals surface area contributed by atoms with Crippen LogP contribution in [0.1, 0.15) is 24.0 Å². The monoisotopic (exact) mass is 427 g/mol. The first kappa shape index (κ1) is 21.3. The number of nitrogens with two attached hydrogens (primary N) is 1. The Hall–Kier alpha value is -3.94. The summed E-state index contributed by atoms with van der Waals surface area (Å²) in [7, 11) is 1.59. The van der Waals surface area contributed by atoms with Crippen LogP contribution in [0.25, 0.3) is 22.3 Å². The summed E-state index contributed by atoms with van der Waals surface area (Å²) in [6.07, 6.45) is 3.35. The van der Waals surface area contributed by atoms with Crippen molar-refractivity contribution in [2.24, 2.45) is 5.73 Å². The number of anilines is 1. The first-order chi connectivity index (χ1) is 15.5. The average Bonchev–Trinajstić information content (AvgIpc) is 2.83. The van der Waals surface area contributed by atoms with E-state index in [9.17, 15) is 9.65 Å². The summed E-state index contributed by atoms with van der Waals surface area (Å²) in [6.45, 7) is 1.40. The van der Waals surface area contributed by atoms with Crippen LogP contribution in [0, 0.1) is 28.5 Å². The summed E-state index contributed by atoms with van der Waals surface area (Å²) in [5.41, 5.74) is 8.99. The third-order valence-electron chi connectivity index (χ3n) is 5.79. The van der Waals surface area contributed by atoms with Gasteiger partial charge < -0.3 is 15.4 Å². The molecule has 1 aliphatic heterocycles. The fourth-order valence-electron chi connectivity index (χ4n) is 4.01. The highest BCUT2D eigenvalue weighted by Crippen LogP contribution is 2.39. The maximum Gasteiger partial charge on any atom is 0.147 e. The van der Waals surface area contributed by atoms with Crippen LogP contribution >= 0.6 is 0 Å². The first-order valence-corrected chi connectivity index (χ1v) is 10.3. The molecule has 0 bridgehead atoms. The molecule has 0 aliphatic carbocycles. The quantitative estimate of drug-likeness (QED) is 0.669. The smallest absolute Gasteiger partial charge is 0.147 e. The number of hydrogen-bond acceptors (Lipinski definition) is 6. The van der Waals surface area contributed by atoms with E-state index in [1.807, 2.05) is 30.3 Å². The van der Waals surface area contributed by atoms with E-state index in [1.54, 1.807) is 19.4 Å². The Morgan fingerprint density at radius 1 is 1.06 bits per heavy atom.